The highest BCUT2D eigenvalue weighted by Gasteiger charge is 2.14. The van der Waals surface area contributed by atoms with Crippen LogP contribution in [0.5, 0.6) is 0 Å². The van der Waals surface area contributed by atoms with Crippen LogP contribution in [0.4, 0.5) is 0 Å². The summed E-state index contributed by atoms with van der Waals surface area (Å²) in [6.07, 6.45) is 1.84. The van der Waals surface area contributed by atoms with Crippen molar-refractivity contribution in [2.45, 2.75) is 0 Å². The fraction of sp³-hybridized carbons (Fsp3) is 0. The summed E-state index contributed by atoms with van der Waals surface area (Å²) in [6, 6.07) is 62.1. The van der Waals surface area contributed by atoms with E-state index in [0.717, 1.165) is 50.1 Å². The number of hydrogen-bond acceptors (Lipinski definition) is 2. The second kappa shape index (κ2) is 12.1. The van der Waals surface area contributed by atoms with Crippen LogP contribution in [0.15, 0.2) is 182 Å². The van der Waals surface area contributed by atoms with Gasteiger partial charge in [-0.25, -0.2) is 4.98 Å². The van der Waals surface area contributed by atoms with Gasteiger partial charge in [0.15, 0.2) is 0 Å². The van der Waals surface area contributed by atoms with Gasteiger partial charge in [-0.3, -0.25) is 4.98 Å². The number of fused-ring (bicyclic) bond motifs is 1. The first-order valence-electron chi connectivity index (χ1n) is 15.6. The number of nitrogens with zero attached hydrogens (tertiary/aromatic N) is 2. The van der Waals surface area contributed by atoms with Gasteiger partial charge in [0.1, 0.15) is 0 Å². The summed E-state index contributed by atoms with van der Waals surface area (Å²) in [6.45, 7) is 0. The molecule has 0 spiro atoms. The van der Waals surface area contributed by atoms with Crippen LogP contribution >= 0.6 is 0 Å². The van der Waals surface area contributed by atoms with Crippen molar-refractivity contribution in [3.8, 4) is 67.0 Å². The topological polar surface area (TPSA) is 25.8 Å². The van der Waals surface area contributed by atoms with Crippen LogP contribution in [0, 0.1) is 0 Å². The van der Waals surface area contributed by atoms with Gasteiger partial charge in [-0.05, 0) is 93.0 Å². The number of aromatic nitrogens is 2. The Bertz CT molecular complexity index is 2290. The van der Waals surface area contributed by atoms with Crippen molar-refractivity contribution >= 4 is 10.9 Å². The minimum atomic E-state index is 0.947. The van der Waals surface area contributed by atoms with Crippen molar-refractivity contribution in [3.63, 3.8) is 0 Å². The fourth-order valence-electron chi connectivity index (χ4n) is 6.17. The van der Waals surface area contributed by atoms with Crippen molar-refractivity contribution in [3.05, 3.63) is 182 Å². The quantitative estimate of drug-likeness (QED) is 0.194. The monoisotopic (exact) mass is 586 g/mol. The van der Waals surface area contributed by atoms with Crippen molar-refractivity contribution in [1.29, 1.82) is 0 Å². The van der Waals surface area contributed by atoms with Crippen molar-refractivity contribution in [1.82, 2.24) is 9.97 Å². The Hall–Kier alpha value is -6.12. The largest absolute Gasteiger partial charge is 0.256 e. The number of benzene rings is 6. The van der Waals surface area contributed by atoms with E-state index in [9.17, 15) is 0 Å². The molecule has 2 heterocycles. The van der Waals surface area contributed by atoms with Crippen LogP contribution in [0.3, 0.4) is 0 Å². The lowest BCUT2D eigenvalue weighted by Gasteiger charge is -2.14. The molecular weight excluding hydrogens is 556 g/mol. The maximum Gasteiger partial charge on any atom is 0.0716 e. The summed E-state index contributed by atoms with van der Waals surface area (Å²) in [7, 11) is 0. The Morgan fingerprint density at radius 2 is 0.804 bits per heavy atom. The molecule has 0 amide bonds. The van der Waals surface area contributed by atoms with Crippen LogP contribution in [-0.2, 0) is 0 Å². The average molecular weight is 587 g/mol. The van der Waals surface area contributed by atoms with Gasteiger partial charge in [-0.15, -0.1) is 0 Å². The number of rotatable bonds is 6. The van der Waals surface area contributed by atoms with E-state index in [2.05, 4.69) is 169 Å². The lowest BCUT2D eigenvalue weighted by Crippen LogP contribution is -1.92. The lowest BCUT2D eigenvalue weighted by molar-refractivity contribution is 1.33. The van der Waals surface area contributed by atoms with Gasteiger partial charge in [-0.1, -0.05) is 127 Å². The molecule has 0 aliphatic heterocycles. The summed E-state index contributed by atoms with van der Waals surface area (Å²) in [5, 5.41) is 1.11. The molecule has 216 valence electrons. The van der Waals surface area contributed by atoms with E-state index >= 15 is 0 Å². The predicted octanol–water partition coefficient (Wildman–Crippen LogP) is 11.6. The van der Waals surface area contributed by atoms with Crippen LogP contribution in [-0.4, -0.2) is 9.97 Å². The Labute approximate surface area is 269 Å². The van der Waals surface area contributed by atoms with Gasteiger partial charge >= 0.3 is 0 Å². The Balaban J connectivity index is 1.30. The van der Waals surface area contributed by atoms with E-state index in [1.165, 1.54) is 27.8 Å². The molecule has 2 heteroatoms. The maximum absolute atomic E-state index is 5.23. The van der Waals surface area contributed by atoms with Gasteiger partial charge < -0.3 is 0 Å². The molecule has 0 atom stereocenters. The zero-order valence-corrected chi connectivity index (χ0v) is 25.2. The molecule has 2 aromatic heterocycles. The Morgan fingerprint density at radius 1 is 0.304 bits per heavy atom. The molecule has 0 saturated heterocycles. The molecule has 0 N–H and O–H groups in total. The first kappa shape index (κ1) is 27.4. The Kier molecular flexibility index (Phi) is 7.22. The van der Waals surface area contributed by atoms with Crippen molar-refractivity contribution in [2.24, 2.45) is 0 Å². The summed E-state index contributed by atoms with van der Waals surface area (Å²) >= 11 is 0. The molecule has 0 saturated carbocycles. The summed E-state index contributed by atoms with van der Waals surface area (Å²) in [4.78, 5) is 9.86. The van der Waals surface area contributed by atoms with Crippen LogP contribution in [0.25, 0.3) is 77.9 Å². The molecule has 0 aliphatic rings. The van der Waals surface area contributed by atoms with Crippen LogP contribution in [0.2, 0.25) is 0 Å². The summed E-state index contributed by atoms with van der Waals surface area (Å²) < 4.78 is 0. The van der Waals surface area contributed by atoms with Gasteiger partial charge in [0.2, 0.25) is 0 Å². The highest BCUT2D eigenvalue weighted by Crippen LogP contribution is 2.37. The maximum atomic E-state index is 5.23. The lowest BCUT2D eigenvalue weighted by atomic mass is 9.93. The van der Waals surface area contributed by atoms with Crippen LogP contribution < -0.4 is 0 Å². The second-order valence-corrected chi connectivity index (χ2v) is 11.5. The van der Waals surface area contributed by atoms with Gasteiger partial charge in [0.25, 0.3) is 0 Å². The molecule has 2 nitrogen and oxygen atoms in total. The molecule has 8 aromatic rings. The molecule has 0 bridgehead atoms. The SMILES string of the molecule is c1ccc(-c2cccc(-c3ccc4nc(-c5cccc(-c6ccccc6)c5)cc(-c5cccc(-c6ccccn6)c5)c4c3)c2)cc1. The van der Waals surface area contributed by atoms with E-state index in [1.807, 2.05) is 18.3 Å². The minimum Gasteiger partial charge on any atom is -0.256 e. The van der Waals surface area contributed by atoms with Gasteiger partial charge in [-0.2, -0.15) is 0 Å². The van der Waals surface area contributed by atoms with Gasteiger partial charge in [0.05, 0.1) is 16.9 Å². The van der Waals surface area contributed by atoms with E-state index in [-0.39, 0.29) is 0 Å². The highest BCUT2D eigenvalue weighted by atomic mass is 14.7. The summed E-state index contributed by atoms with van der Waals surface area (Å²) in [5.74, 6) is 0. The highest BCUT2D eigenvalue weighted by molar-refractivity contribution is 5.99. The molecule has 46 heavy (non-hydrogen) atoms. The second-order valence-electron chi connectivity index (χ2n) is 11.5. The molecule has 0 unspecified atom stereocenters. The molecule has 0 aliphatic carbocycles. The van der Waals surface area contributed by atoms with Crippen molar-refractivity contribution in [2.75, 3.05) is 0 Å². The molecule has 8 rings (SSSR count). The molecule has 0 fully saturated rings. The smallest absolute Gasteiger partial charge is 0.0716 e. The minimum absolute atomic E-state index is 0.947. The number of pyridine rings is 2. The standard InChI is InChI=1S/C44H30N2/c1-3-12-31(13-4-1)33-16-9-18-35(26-33)36-23-24-43-41(29-36)40(37-19-11-20-38(28-37)42-22-7-8-25-45-42)30-44(46-43)39-21-10-17-34(27-39)32-14-5-2-6-15-32/h1-30H. The third-order valence-electron chi connectivity index (χ3n) is 8.51. The first-order chi connectivity index (χ1) is 22.8. The molecular formula is C44H30N2. The van der Waals surface area contributed by atoms with E-state index in [1.54, 1.807) is 0 Å². The Morgan fingerprint density at radius 3 is 1.46 bits per heavy atom. The molecule has 6 aromatic carbocycles. The van der Waals surface area contributed by atoms with Crippen LogP contribution in [0.1, 0.15) is 0 Å². The van der Waals surface area contributed by atoms with E-state index < -0.39 is 0 Å². The zero-order valence-electron chi connectivity index (χ0n) is 25.2. The average Bonchev–Trinajstić information content (AvgIpc) is 3.15. The third-order valence-corrected chi connectivity index (χ3v) is 8.51. The van der Waals surface area contributed by atoms with Gasteiger partial charge in [0, 0.05) is 22.7 Å². The van der Waals surface area contributed by atoms with E-state index in [4.69, 9.17) is 4.98 Å². The van der Waals surface area contributed by atoms with E-state index in [0.29, 0.717) is 0 Å². The normalized spacial score (nSPS) is 11.0. The predicted molar refractivity (Wildman–Crippen MR) is 192 cm³/mol. The molecule has 0 radical (unpaired) electrons. The third kappa shape index (κ3) is 5.49. The number of hydrogen-bond donors (Lipinski definition) is 0. The first-order valence-corrected chi connectivity index (χ1v) is 15.6. The fourth-order valence-corrected chi connectivity index (χ4v) is 6.17. The zero-order chi connectivity index (χ0) is 30.7. The summed E-state index contributed by atoms with van der Waals surface area (Å²) in [5.41, 5.74) is 14.4. The van der Waals surface area contributed by atoms with Crippen molar-refractivity contribution < 1.29 is 0 Å².